The molecule has 3 rings (SSSR count). The van der Waals surface area contributed by atoms with Crippen molar-refractivity contribution in [1.29, 1.82) is 0 Å². The Labute approximate surface area is 91.4 Å². The summed E-state index contributed by atoms with van der Waals surface area (Å²) in [7, 11) is 0. The Balaban J connectivity index is 2.01. The van der Waals surface area contributed by atoms with Gasteiger partial charge in [-0.05, 0) is 12.1 Å². The van der Waals surface area contributed by atoms with Gasteiger partial charge in [0.25, 0.3) is 0 Å². The molecular formula is C11H9N3O2. The third-order valence-corrected chi connectivity index (χ3v) is 2.67. The normalized spacial score (nSPS) is 19.0. The van der Waals surface area contributed by atoms with Crippen LogP contribution in [-0.4, -0.2) is 27.8 Å². The summed E-state index contributed by atoms with van der Waals surface area (Å²) >= 11 is 0. The first-order valence-electron chi connectivity index (χ1n) is 4.98. The van der Waals surface area contributed by atoms with Gasteiger partial charge in [0.15, 0.2) is 5.78 Å². The van der Waals surface area contributed by atoms with Crippen LogP contribution >= 0.6 is 0 Å². The summed E-state index contributed by atoms with van der Waals surface area (Å²) in [6.07, 6.45) is 1.56. The van der Waals surface area contributed by atoms with Crippen molar-refractivity contribution in [3.05, 3.63) is 41.7 Å². The van der Waals surface area contributed by atoms with Crippen molar-refractivity contribution in [2.75, 3.05) is 6.61 Å². The number of ketones is 1. The van der Waals surface area contributed by atoms with Gasteiger partial charge in [-0.2, -0.15) is 15.4 Å². The fraction of sp³-hybridized carbons (Fsp3) is 0.182. The van der Waals surface area contributed by atoms with Crippen LogP contribution in [0.25, 0.3) is 0 Å². The van der Waals surface area contributed by atoms with Crippen molar-refractivity contribution in [2.45, 2.75) is 5.92 Å². The first-order chi connectivity index (χ1) is 7.86. The molecule has 0 fully saturated rings. The molecule has 0 saturated carbocycles. The highest BCUT2D eigenvalue weighted by atomic mass is 16.5. The van der Waals surface area contributed by atoms with Crippen molar-refractivity contribution in [3.8, 4) is 5.75 Å². The average Bonchev–Trinajstić information content (AvgIpc) is 2.83. The molecule has 2 heterocycles. The molecular weight excluding hydrogens is 206 g/mol. The highest BCUT2D eigenvalue weighted by Gasteiger charge is 2.31. The maximum absolute atomic E-state index is 12.2. The van der Waals surface area contributed by atoms with Gasteiger partial charge >= 0.3 is 0 Å². The molecule has 0 radical (unpaired) electrons. The van der Waals surface area contributed by atoms with E-state index in [0.717, 1.165) is 0 Å². The molecule has 0 amide bonds. The highest BCUT2D eigenvalue weighted by Crippen LogP contribution is 2.30. The minimum Gasteiger partial charge on any atom is -0.492 e. The van der Waals surface area contributed by atoms with Crippen LogP contribution in [0.5, 0.6) is 5.75 Å². The second kappa shape index (κ2) is 3.44. The minimum atomic E-state index is -0.353. The molecule has 80 valence electrons. The molecule has 0 aliphatic carbocycles. The second-order valence-corrected chi connectivity index (χ2v) is 3.62. The fourth-order valence-electron chi connectivity index (χ4n) is 1.83. The highest BCUT2D eigenvalue weighted by molar-refractivity contribution is 6.03. The van der Waals surface area contributed by atoms with Gasteiger partial charge in [0.05, 0.1) is 17.5 Å². The van der Waals surface area contributed by atoms with Gasteiger partial charge in [-0.15, -0.1) is 0 Å². The Hall–Kier alpha value is -2.17. The Morgan fingerprint density at radius 3 is 3.06 bits per heavy atom. The van der Waals surface area contributed by atoms with Gasteiger partial charge in [0.2, 0.25) is 0 Å². The summed E-state index contributed by atoms with van der Waals surface area (Å²) in [5.74, 6) is 0.330. The molecule has 1 N–H and O–H groups in total. The van der Waals surface area contributed by atoms with E-state index in [9.17, 15) is 4.79 Å². The SMILES string of the molecule is O=C1c2ccccc2OCC1c1cn[nH]n1. The number of fused-ring (bicyclic) bond motifs is 1. The summed E-state index contributed by atoms with van der Waals surface area (Å²) in [4.78, 5) is 12.2. The maximum Gasteiger partial charge on any atom is 0.179 e. The smallest absolute Gasteiger partial charge is 0.179 e. The number of hydrogen-bond donors (Lipinski definition) is 1. The number of para-hydroxylation sites is 1. The Kier molecular flexibility index (Phi) is 1.96. The van der Waals surface area contributed by atoms with Crippen LogP contribution in [-0.2, 0) is 0 Å². The summed E-state index contributed by atoms with van der Waals surface area (Å²) in [5.41, 5.74) is 1.24. The van der Waals surface area contributed by atoms with Crippen LogP contribution < -0.4 is 4.74 Å². The first-order valence-corrected chi connectivity index (χ1v) is 4.98. The van der Waals surface area contributed by atoms with E-state index in [1.165, 1.54) is 0 Å². The molecule has 2 aromatic rings. The molecule has 1 aliphatic rings. The van der Waals surface area contributed by atoms with E-state index in [-0.39, 0.29) is 11.7 Å². The lowest BCUT2D eigenvalue weighted by atomic mass is 9.93. The molecule has 5 nitrogen and oxygen atoms in total. The number of hydrogen-bond acceptors (Lipinski definition) is 4. The number of aromatic amines is 1. The molecule has 1 atom stereocenters. The molecule has 5 heteroatoms. The monoisotopic (exact) mass is 215 g/mol. The van der Waals surface area contributed by atoms with Crippen LogP contribution in [0.4, 0.5) is 0 Å². The predicted molar refractivity (Wildman–Crippen MR) is 55.4 cm³/mol. The predicted octanol–water partition coefficient (Wildman–Crippen LogP) is 1.16. The van der Waals surface area contributed by atoms with Gasteiger partial charge < -0.3 is 4.74 Å². The molecule has 1 aromatic carbocycles. The average molecular weight is 215 g/mol. The topological polar surface area (TPSA) is 67.9 Å². The van der Waals surface area contributed by atoms with Crippen LogP contribution in [0.3, 0.4) is 0 Å². The molecule has 1 aliphatic heterocycles. The third kappa shape index (κ3) is 1.29. The summed E-state index contributed by atoms with van der Waals surface area (Å²) < 4.78 is 5.53. The number of ether oxygens (including phenoxy) is 1. The zero-order chi connectivity index (χ0) is 11.0. The van der Waals surface area contributed by atoms with E-state index in [1.54, 1.807) is 18.3 Å². The molecule has 0 spiro atoms. The number of carbonyl (C=O) groups excluding carboxylic acids is 1. The van der Waals surface area contributed by atoms with Crippen LogP contribution in [0, 0.1) is 0 Å². The van der Waals surface area contributed by atoms with E-state index < -0.39 is 0 Å². The number of nitrogens with zero attached hydrogens (tertiary/aromatic N) is 2. The fourth-order valence-corrected chi connectivity index (χ4v) is 1.83. The minimum absolute atomic E-state index is 0.0377. The van der Waals surface area contributed by atoms with Gasteiger partial charge in [-0.3, -0.25) is 4.79 Å². The lowest BCUT2D eigenvalue weighted by Gasteiger charge is -2.22. The molecule has 0 bridgehead atoms. The van der Waals surface area contributed by atoms with Crippen molar-refractivity contribution in [2.24, 2.45) is 0 Å². The number of rotatable bonds is 1. The van der Waals surface area contributed by atoms with Gasteiger partial charge in [0, 0.05) is 0 Å². The van der Waals surface area contributed by atoms with E-state index in [1.807, 2.05) is 12.1 Å². The Morgan fingerprint density at radius 1 is 1.38 bits per heavy atom. The van der Waals surface area contributed by atoms with Gasteiger partial charge in [-0.1, -0.05) is 12.1 Å². The van der Waals surface area contributed by atoms with Gasteiger partial charge in [-0.25, -0.2) is 0 Å². The molecule has 1 aromatic heterocycles. The lowest BCUT2D eigenvalue weighted by Crippen LogP contribution is -2.26. The quantitative estimate of drug-likeness (QED) is 0.775. The van der Waals surface area contributed by atoms with E-state index in [2.05, 4.69) is 15.4 Å². The zero-order valence-electron chi connectivity index (χ0n) is 8.38. The van der Waals surface area contributed by atoms with Crippen molar-refractivity contribution in [1.82, 2.24) is 15.4 Å². The van der Waals surface area contributed by atoms with Crippen LogP contribution in [0.2, 0.25) is 0 Å². The number of benzene rings is 1. The lowest BCUT2D eigenvalue weighted by molar-refractivity contribution is 0.0893. The van der Waals surface area contributed by atoms with E-state index in [0.29, 0.717) is 23.6 Å². The van der Waals surface area contributed by atoms with Crippen molar-refractivity contribution in [3.63, 3.8) is 0 Å². The molecule has 1 unspecified atom stereocenters. The maximum atomic E-state index is 12.2. The summed E-state index contributed by atoms with van der Waals surface area (Å²) in [6.45, 7) is 0.322. The number of carbonyl (C=O) groups is 1. The number of H-pyrrole nitrogens is 1. The van der Waals surface area contributed by atoms with Crippen LogP contribution in [0.1, 0.15) is 22.0 Å². The number of Topliss-reactive ketones (excluding diaryl/α,β-unsaturated/α-hetero) is 1. The third-order valence-electron chi connectivity index (χ3n) is 2.67. The summed E-state index contributed by atoms with van der Waals surface area (Å²) in [6, 6.07) is 7.24. The molecule has 16 heavy (non-hydrogen) atoms. The van der Waals surface area contributed by atoms with Crippen molar-refractivity contribution >= 4 is 5.78 Å². The Morgan fingerprint density at radius 2 is 2.25 bits per heavy atom. The molecule has 0 saturated heterocycles. The van der Waals surface area contributed by atoms with E-state index >= 15 is 0 Å². The summed E-state index contributed by atoms with van der Waals surface area (Å²) in [5, 5.41) is 10.1. The number of nitrogens with one attached hydrogen (secondary N) is 1. The van der Waals surface area contributed by atoms with Crippen molar-refractivity contribution < 1.29 is 9.53 Å². The van der Waals surface area contributed by atoms with Gasteiger partial charge in [0.1, 0.15) is 18.3 Å². The van der Waals surface area contributed by atoms with Crippen LogP contribution in [0.15, 0.2) is 30.5 Å². The Bertz CT molecular complexity index is 522. The first kappa shape index (κ1) is 9.08. The number of aromatic nitrogens is 3. The zero-order valence-corrected chi connectivity index (χ0v) is 8.38. The standard InChI is InChI=1S/C11H9N3O2/c15-11-7-3-1-2-4-10(7)16-6-8(11)9-5-12-14-13-9/h1-5,8H,6H2,(H,12,13,14). The second-order valence-electron chi connectivity index (χ2n) is 3.62. The van der Waals surface area contributed by atoms with E-state index in [4.69, 9.17) is 4.74 Å². The largest absolute Gasteiger partial charge is 0.492 e.